The lowest BCUT2D eigenvalue weighted by molar-refractivity contribution is 0.1000. The first-order valence-corrected chi connectivity index (χ1v) is 8.25. The fraction of sp³-hybridized carbons (Fsp3) is 0.167. The number of rotatable bonds is 4. The predicted octanol–water partition coefficient (Wildman–Crippen LogP) is 2.55. The summed E-state index contributed by atoms with van der Waals surface area (Å²) >= 11 is 0. The second-order valence-electron chi connectivity index (χ2n) is 6.21. The van der Waals surface area contributed by atoms with Gasteiger partial charge in [0, 0.05) is 24.4 Å². The van der Waals surface area contributed by atoms with E-state index >= 15 is 0 Å². The van der Waals surface area contributed by atoms with Crippen LogP contribution in [-0.4, -0.2) is 30.7 Å². The van der Waals surface area contributed by atoms with Gasteiger partial charge in [-0.15, -0.1) is 10.2 Å². The third-order valence-electron chi connectivity index (χ3n) is 4.36. The van der Waals surface area contributed by atoms with Crippen molar-refractivity contribution < 1.29 is 9.21 Å². The number of aryl methyl sites for hydroxylation is 3. The standard InChI is InChI=1S/C18H17N7O2/c1-9-4-5-12(18-24-23-11(3)27-18)6-14(9)22-17-15-10(2)13(16(19)26)7-25(15)21-8-20-17/h4-8H,1-3H3,(H2,19,26)(H,20,21,22). The number of nitrogens with zero attached hydrogens (tertiary/aromatic N) is 5. The summed E-state index contributed by atoms with van der Waals surface area (Å²) in [5.74, 6) is 1.00. The number of hydrogen-bond acceptors (Lipinski definition) is 7. The van der Waals surface area contributed by atoms with Gasteiger partial charge >= 0.3 is 0 Å². The maximum atomic E-state index is 11.6. The summed E-state index contributed by atoms with van der Waals surface area (Å²) in [6, 6.07) is 5.78. The van der Waals surface area contributed by atoms with E-state index < -0.39 is 5.91 Å². The van der Waals surface area contributed by atoms with Crippen LogP contribution in [0.4, 0.5) is 11.5 Å². The number of fused-ring (bicyclic) bond motifs is 1. The number of aromatic nitrogens is 5. The van der Waals surface area contributed by atoms with Crippen LogP contribution in [0.5, 0.6) is 0 Å². The van der Waals surface area contributed by atoms with Gasteiger partial charge in [0.15, 0.2) is 5.82 Å². The van der Waals surface area contributed by atoms with Crippen molar-refractivity contribution in [3.8, 4) is 11.5 Å². The fourth-order valence-corrected chi connectivity index (χ4v) is 2.93. The smallest absolute Gasteiger partial charge is 0.250 e. The molecule has 0 aliphatic carbocycles. The number of carbonyl (C=O) groups excluding carboxylic acids is 1. The molecule has 0 saturated carbocycles. The molecule has 4 aromatic rings. The quantitative estimate of drug-likeness (QED) is 0.571. The summed E-state index contributed by atoms with van der Waals surface area (Å²) in [5.41, 5.74) is 9.88. The molecule has 136 valence electrons. The first kappa shape index (κ1) is 16.7. The molecule has 0 bridgehead atoms. The van der Waals surface area contributed by atoms with Gasteiger partial charge < -0.3 is 15.5 Å². The summed E-state index contributed by atoms with van der Waals surface area (Å²) in [4.78, 5) is 16.0. The van der Waals surface area contributed by atoms with Crippen molar-refractivity contribution in [2.24, 2.45) is 5.73 Å². The zero-order valence-electron chi connectivity index (χ0n) is 15.0. The average molecular weight is 363 g/mol. The molecule has 1 aromatic carbocycles. The molecule has 3 N–H and O–H groups in total. The first-order chi connectivity index (χ1) is 12.9. The molecule has 0 saturated heterocycles. The molecule has 3 heterocycles. The molecule has 9 nitrogen and oxygen atoms in total. The van der Waals surface area contributed by atoms with Gasteiger partial charge in [-0.05, 0) is 37.1 Å². The lowest BCUT2D eigenvalue weighted by Gasteiger charge is -2.11. The van der Waals surface area contributed by atoms with Gasteiger partial charge in [-0.2, -0.15) is 5.10 Å². The van der Waals surface area contributed by atoms with Crippen LogP contribution < -0.4 is 11.1 Å². The van der Waals surface area contributed by atoms with Crippen molar-refractivity contribution in [2.75, 3.05) is 5.32 Å². The maximum Gasteiger partial charge on any atom is 0.250 e. The Balaban J connectivity index is 1.79. The zero-order valence-corrected chi connectivity index (χ0v) is 15.0. The third-order valence-corrected chi connectivity index (χ3v) is 4.36. The number of carbonyl (C=O) groups is 1. The minimum atomic E-state index is -0.506. The highest BCUT2D eigenvalue weighted by Gasteiger charge is 2.17. The number of hydrogen-bond donors (Lipinski definition) is 2. The Morgan fingerprint density at radius 2 is 2.04 bits per heavy atom. The Labute approximate surface area is 154 Å². The molecule has 0 fully saturated rings. The predicted molar refractivity (Wildman–Crippen MR) is 98.7 cm³/mol. The van der Waals surface area contributed by atoms with Crippen LogP contribution in [0, 0.1) is 20.8 Å². The van der Waals surface area contributed by atoms with Crippen LogP contribution in [0.25, 0.3) is 17.0 Å². The topological polar surface area (TPSA) is 124 Å². The lowest BCUT2D eigenvalue weighted by atomic mass is 10.1. The normalized spacial score (nSPS) is 11.1. The van der Waals surface area contributed by atoms with Crippen LogP contribution >= 0.6 is 0 Å². The summed E-state index contributed by atoms with van der Waals surface area (Å²) in [6.45, 7) is 5.53. The molecule has 3 aromatic heterocycles. The van der Waals surface area contributed by atoms with E-state index in [4.69, 9.17) is 10.2 Å². The Bertz CT molecular complexity index is 1180. The third kappa shape index (κ3) is 2.88. The molecule has 1 amide bonds. The first-order valence-electron chi connectivity index (χ1n) is 8.25. The summed E-state index contributed by atoms with van der Waals surface area (Å²) in [7, 11) is 0. The molecule has 0 atom stereocenters. The van der Waals surface area contributed by atoms with Crippen molar-refractivity contribution in [2.45, 2.75) is 20.8 Å². The van der Waals surface area contributed by atoms with Crippen LogP contribution in [-0.2, 0) is 0 Å². The van der Waals surface area contributed by atoms with Gasteiger partial charge in [0.05, 0.1) is 5.56 Å². The minimum Gasteiger partial charge on any atom is -0.421 e. The van der Waals surface area contributed by atoms with Gasteiger partial charge in [-0.3, -0.25) is 4.79 Å². The van der Waals surface area contributed by atoms with Crippen LogP contribution in [0.3, 0.4) is 0 Å². The van der Waals surface area contributed by atoms with Gasteiger partial charge in [0.25, 0.3) is 5.91 Å². The Hall–Kier alpha value is -3.75. The van der Waals surface area contributed by atoms with Gasteiger partial charge in [0.2, 0.25) is 11.8 Å². The van der Waals surface area contributed by atoms with Crippen LogP contribution in [0.1, 0.15) is 27.4 Å². The number of amides is 1. The number of nitrogens with two attached hydrogens (primary N) is 1. The van der Waals surface area contributed by atoms with E-state index in [1.165, 1.54) is 6.33 Å². The fourth-order valence-electron chi connectivity index (χ4n) is 2.93. The summed E-state index contributed by atoms with van der Waals surface area (Å²) in [5, 5.41) is 15.4. The van der Waals surface area contributed by atoms with E-state index in [2.05, 4.69) is 25.6 Å². The average Bonchev–Trinajstić information content (AvgIpc) is 3.21. The molecule has 0 unspecified atom stereocenters. The molecule has 0 spiro atoms. The van der Waals surface area contributed by atoms with E-state index in [1.807, 2.05) is 32.0 Å². The zero-order chi connectivity index (χ0) is 19.1. The molecule has 27 heavy (non-hydrogen) atoms. The summed E-state index contributed by atoms with van der Waals surface area (Å²) in [6.07, 6.45) is 3.02. The second-order valence-corrected chi connectivity index (χ2v) is 6.21. The van der Waals surface area contributed by atoms with Crippen molar-refractivity contribution in [1.29, 1.82) is 0 Å². The van der Waals surface area contributed by atoms with Gasteiger partial charge in [0.1, 0.15) is 11.8 Å². The molecule has 0 aliphatic rings. The molecule has 4 rings (SSSR count). The van der Waals surface area contributed by atoms with E-state index in [9.17, 15) is 4.79 Å². The van der Waals surface area contributed by atoms with Crippen molar-refractivity contribution in [1.82, 2.24) is 24.8 Å². The monoisotopic (exact) mass is 363 g/mol. The van der Waals surface area contributed by atoms with E-state index in [-0.39, 0.29) is 0 Å². The number of primary amides is 1. The lowest BCUT2D eigenvalue weighted by Crippen LogP contribution is -2.10. The Morgan fingerprint density at radius 3 is 2.74 bits per heavy atom. The highest BCUT2D eigenvalue weighted by Crippen LogP contribution is 2.29. The van der Waals surface area contributed by atoms with Gasteiger partial charge in [-0.25, -0.2) is 9.50 Å². The van der Waals surface area contributed by atoms with Crippen LogP contribution in [0.15, 0.2) is 35.1 Å². The van der Waals surface area contributed by atoms with E-state index in [0.29, 0.717) is 34.2 Å². The van der Waals surface area contributed by atoms with Crippen molar-refractivity contribution in [3.63, 3.8) is 0 Å². The largest absolute Gasteiger partial charge is 0.421 e. The second kappa shape index (κ2) is 6.20. The molecular formula is C18H17N7O2. The minimum absolute atomic E-state index is 0.408. The van der Waals surface area contributed by atoms with Crippen molar-refractivity contribution in [3.05, 3.63) is 53.3 Å². The number of benzene rings is 1. The highest BCUT2D eigenvalue weighted by molar-refractivity contribution is 5.98. The molecule has 0 aliphatic heterocycles. The number of nitrogens with one attached hydrogen (secondary N) is 1. The number of anilines is 2. The summed E-state index contributed by atoms with van der Waals surface area (Å²) < 4.78 is 7.09. The Morgan fingerprint density at radius 1 is 1.22 bits per heavy atom. The SMILES string of the molecule is Cc1nnc(-c2ccc(C)c(Nc3ncnn4cc(C(N)=O)c(C)c34)c2)o1. The van der Waals surface area contributed by atoms with E-state index in [1.54, 1.807) is 17.6 Å². The van der Waals surface area contributed by atoms with E-state index in [0.717, 1.165) is 16.8 Å². The van der Waals surface area contributed by atoms with Crippen LogP contribution in [0.2, 0.25) is 0 Å². The van der Waals surface area contributed by atoms with Gasteiger partial charge in [-0.1, -0.05) is 6.07 Å². The Kier molecular flexibility index (Phi) is 3.84. The molecule has 0 radical (unpaired) electrons. The highest BCUT2D eigenvalue weighted by atomic mass is 16.4. The molecule has 9 heteroatoms. The van der Waals surface area contributed by atoms with Crippen molar-refractivity contribution >= 4 is 22.9 Å². The molecular weight excluding hydrogens is 346 g/mol. The maximum absolute atomic E-state index is 11.6.